The Morgan fingerprint density at radius 2 is 1.17 bits per heavy atom. The van der Waals surface area contributed by atoms with Gasteiger partial charge in [-0.1, -0.05) is 120 Å². The molecule has 0 saturated heterocycles. The van der Waals surface area contributed by atoms with Crippen molar-refractivity contribution in [3.8, 4) is 39.9 Å². The molecule has 0 saturated carbocycles. The number of hydrogen-bond donors (Lipinski definition) is 1. The first-order chi connectivity index (χ1) is 22.7. The zero-order valence-corrected chi connectivity index (χ0v) is 25.9. The van der Waals surface area contributed by atoms with E-state index < -0.39 is 0 Å². The van der Waals surface area contributed by atoms with Crippen molar-refractivity contribution >= 4 is 56.5 Å². The van der Waals surface area contributed by atoms with Crippen molar-refractivity contribution < 1.29 is 0 Å². The van der Waals surface area contributed by atoms with Crippen LogP contribution in [-0.4, -0.2) is 19.5 Å². The minimum absolute atomic E-state index is 0.584. The monoisotopic (exact) mass is 629 g/mol. The summed E-state index contributed by atoms with van der Waals surface area (Å²) < 4.78 is 2.16. The van der Waals surface area contributed by atoms with Crippen molar-refractivity contribution in [1.29, 1.82) is 0 Å². The molecule has 1 aliphatic heterocycles. The molecule has 2 aromatic heterocycles. The van der Waals surface area contributed by atoms with E-state index in [9.17, 15) is 0 Å². The third-order valence-corrected chi connectivity index (χ3v) is 9.76. The third kappa shape index (κ3) is 4.53. The fraction of sp³-hybridized carbons (Fsp3) is 0. The number of nitrogens with zero attached hydrogens (tertiary/aromatic N) is 4. The van der Waals surface area contributed by atoms with Crippen LogP contribution in [0.15, 0.2) is 149 Å². The van der Waals surface area contributed by atoms with E-state index in [2.05, 4.69) is 76.6 Å². The Hall–Kier alpha value is -5.43. The SMILES string of the molecule is Clc1cccc2c1Nc1ccc(-c3ccc4c(c3)c3ccccc3n4-c3nc(-c4ccccc4)nc(-c4ccccc4)n3)cc1S2. The first kappa shape index (κ1) is 26.9. The van der Waals surface area contributed by atoms with Gasteiger partial charge in [-0.05, 0) is 53.6 Å². The highest BCUT2D eigenvalue weighted by Gasteiger charge is 2.20. The van der Waals surface area contributed by atoms with E-state index in [1.54, 1.807) is 11.8 Å². The lowest BCUT2D eigenvalue weighted by atomic mass is 10.0. The molecule has 0 atom stereocenters. The largest absolute Gasteiger partial charge is 0.352 e. The second kappa shape index (κ2) is 10.9. The molecule has 0 amide bonds. The fourth-order valence-corrected chi connectivity index (χ4v) is 7.46. The minimum atomic E-state index is 0.584. The fourth-order valence-electron chi connectivity index (χ4n) is 6.12. The number of para-hydroxylation sites is 2. The van der Waals surface area contributed by atoms with Gasteiger partial charge in [-0.15, -0.1) is 0 Å². The molecule has 0 bridgehead atoms. The zero-order valence-electron chi connectivity index (χ0n) is 24.4. The standard InChI is InChI=1S/C39H24ClN5S/c40-30-15-9-17-34-36(30)41-31-20-18-27(23-35(31)46-34)26-19-21-33-29(22-26)28-14-7-8-16-32(28)45(33)39-43-37(24-10-3-1-4-11-24)42-38(44-39)25-12-5-2-6-13-25/h1-23,41H. The minimum Gasteiger partial charge on any atom is -0.352 e. The van der Waals surface area contributed by atoms with Gasteiger partial charge < -0.3 is 5.32 Å². The van der Waals surface area contributed by atoms with E-state index >= 15 is 0 Å². The molecule has 0 spiro atoms. The Morgan fingerprint density at radius 1 is 0.522 bits per heavy atom. The summed E-state index contributed by atoms with van der Waals surface area (Å²) in [5.74, 6) is 1.85. The van der Waals surface area contributed by atoms with E-state index in [-0.39, 0.29) is 0 Å². The lowest BCUT2D eigenvalue weighted by molar-refractivity contribution is 0.953. The molecule has 9 rings (SSSR count). The maximum Gasteiger partial charge on any atom is 0.238 e. The van der Waals surface area contributed by atoms with E-state index in [0.29, 0.717) is 17.6 Å². The maximum atomic E-state index is 6.47. The van der Waals surface area contributed by atoms with Crippen LogP contribution in [0.4, 0.5) is 11.4 Å². The molecule has 3 heterocycles. The van der Waals surface area contributed by atoms with E-state index in [0.717, 1.165) is 65.4 Å². The van der Waals surface area contributed by atoms with Crippen molar-refractivity contribution in [1.82, 2.24) is 19.5 Å². The number of anilines is 2. The molecule has 8 aromatic rings. The quantitative estimate of drug-likeness (QED) is 0.210. The smallest absolute Gasteiger partial charge is 0.238 e. The number of benzene rings is 6. The lowest BCUT2D eigenvalue weighted by Gasteiger charge is -2.22. The molecule has 0 unspecified atom stereocenters. The molecule has 0 aliphatic carbocycles. The van der Waals surface area contributed by atoms with Crippen molar-refractivity contribution in [3.05, 3.63) is 145 Å². The Morgan fingerprint density at radius 3 is 1.93 bits per heavy atom. The van der Waals surface area contributed by atoms with E-state index in [1.807, 2.05) is 72.8 Å². The van der Waals surface area contributed by atoms with Crippen molar-refractivity contribution in [2.24, 2.45) is 0 Å². The first-order valence-electron chi connectivity index (χ1n) is 15.0. The van der Waals surface area contributed by atoms with Gasteiger partial charge in [0.2, 0.25) is 5.95 Å². The van der Waals surface area contributed by atoms with E-state index in [1.165, 1.54) is 4.90 Å². The summed E-state index contributed by atoms with van der Waals surface area (Å²) in [6.45, 7) is 0. The topological polar surface area (TPSA) is 55.6 Å². The van der Waals surface area contributed by atoms with Gasteiger partial charge in [-0.25, -0.2) is 4.98 Å². The first-order valence-corrected chi connectivity index (χ1v) is 16.2. The van der Waals surface area contributed by atoms with Crippen LogP contribution in [0.1, 0.15) is 0 Å². The molecular weight excluding hydrogens is 606 g/mol. The van der Waals surface area contributed by atoms with Crippen LogP contribution in [0.25, 0.3) is 61.7 Å². The normalized spacial score (nSPS) is 12.1. The zero-order chi connectivity index (χ0) is 30.6. The summed E-state index contributed by atoms with van der Waals surface area (Å²) in [5, 5.41) is 6.52. The van der Waals surface area contributed by atoms with Crippen LogP contribution in [0.5, 0.6) is 0 Å². The molecule has 0 radical (unpaired) electrons. The van der Waals surface area contributed by atoms with Gasteiger partial charge in [-0.2, -0.15) is 9.97 Å². The number of hydrogen-bond acceptors (Lipinski definition) is 5. The van der Waals surface area contributed by atoms with Gasteiger partial charge in [-0.3, -0.25) is 4.57 Å². The summed E-state index contributed by atoms with van der Waals surface area (Å²) in [5.41, 5.74) is 8.27. The molecule has 218 valence electrons. The van der Waals surface area contributed by atoms with Crippen LogP contribution in [0.2, 0.25) is 5.02 Å². The Kier molecular flexibility index (Phi) is 6.37. The van der Waals surface area contributed by atoms with E-state index in [4.69, 9.17) is 26.6 Å². The van der Waals surface area contributed by atoms with Gasteiger partial charge >= 0.3 is 0 Å². The maximum absolute atomic E-state index is 6.47. The van der Waals surface area contributed by atoms with Gasteiger partial charge in [0.05, 0.1) is 27.4 Å². The predicted octanol–water partition coefficient (Wildman–Crippen LogP) is 10.8. The highest BCUT2D eigenvalue weighted by Crippen LogP contribution is 2.48. The highest BCUT2D eigenvalue weighted by molar-refractivity contribution is 7.99. The second-order valence-corrected chi connectivity index (χ2v) is 12.6. The average Bonchev–Trinajstić information content (AvgIpc) is 3.45. The molecule has 0 fully saturated rings. The van der Waals surface area contributed by atoms with Crippen LogP contribution in [0, 0.1) is 0 Å². The molecule has 1 aliphatic rings. The Labute approximate surface area is 274 Å². The van der Waals surface area contributed by atoms with Crippen LogP contribution >= 0.6 is 23.4 Å². The number of rotatable bonds is 4. The molecular formula is C39H24ClN5S. The number of nitrogens with one attached hydrogen (secondary N) is 1. The van der Waals surface area contributed by atoms with Crippen LogP contribution < -0.4 is 5.32 Å². The molecule has 1 N–H and O–H groups in total. The van der Waals surface area contributed by atoms with Crippen molar-refractivity contribution in [2.45, 2.75) is 9.79 Å². The molecule has 5 nitrogen and oxygen atoms in total. The van der Waals surface area contributed by atoms with Crippen molar-refractivity contribution in [3.63, 3.8) is 0 Å². The van der Waals surface area contributed by atoms with Crippen LogP contribution in [0.3, 0.4) is 0 Å². The Bertz CT molecular complexity index is 2380. The van der Waals surface area contributed by atoms with Gasteiger partial charge in [0.25, 0.3) is 0 Å². The van der Waals surface area contributed by atoms with Crippen LogP contribution in [-0.2, 0) is 0 Å². The molecule has 7 heteroatoms. The van der Waals surface area contributed by atoms with Gasteiger partial charge in [0, 0.05) is 31.7 Å². The third-order valence-electron chi connectivity index (χ3n) is 8.33. The average molecular weight is 630 g/mol. The summed E-state index contributed by atoms with van der Waals surface area (Å²) >= 11 is 8.21. The Balaban J connectivity index is 1.20. The number of aromatic nitrogens is 4. The van der Waals surface area contributed by atoms with Crippen molar-refractivity contribution in [2.75, 3.05) is 5.32 Å². The van der Waals surface area contributed by atoms with Gasteiger partial charge in [0.15, 0.2) is 11.6 Å². The lowest BCUT2D eigenvalue weighted by Crippen LogP contribution is -2.06. The summed E-state index contributed by atoms with van der Waals surface area (Å²) in [6.07, 6.45) is 0. The summed E-state index contributed by atoms with van der Waals surface area (Å²) in [4.78, 5) is 17.3. The second-order valence-electron chi connectivity index (χ2n) is 11.2. The molecule has 6 aromatic carbocycles. The predicted molar refractivity (Wildman–Crippen MR) is 189 cm³/mol. The van der Waals surface area contributed by atoms with Gasteiger partial charge in [0.1, 0.15) is 0 Å². The molecule has 46 heavy (non-hydrogen) atoms. The number of halogens is 1. The number of fused-ring (bicyclic) bond motifs is 5. The summed E-state index contributed by atoms with van der Waals surface area (Å²) in [7, 11) is 0. The summed E-state index contributed by atoms with van der Waals surface area (Å²) in [6, 6.07) is 47.8. The highest BCUT2D eigenvalue weighted by atomic mass is 35.5.